The van der Waals surface area contributed by atoms with E-state index in [1.54, 1.807) is 0 Å². The molecule has 2 heterocycles. The van der Waals surface area contributed by atoms with Gasteiger partial charge in [0.2, 0.25) is 0 Å². The van der Waals surface area contributed by atoms with E-state index >= 15 is 0 Å². The highest BCUT2D eigenvalue weighted by atomic mass is 16.2. The van der Waals surface area contributed by atoms with Crippen LogP contribution in [0.5, 0.6) is 0 Å². The molecule has 2 aromatic rings. The first-order valence-corrected chi connectivity index (χ1v) is 10.3. The fourth-order valence-corrected chi connectivity index (χ4v) is 5.30. The van der Waals surface area contributed by atoms with E-state index in [1.165, 1.54) is 19.3 Å². The standard InChI is InChI=1S/C22H27N3O2/c23-17-5-2-1-4-14(17)12-20(26)16-7-6-15-10-19-21(27)24-13-22(8-3-9-22)25(19)18(15)11-16/h6-7,10-11,14,17H,1-5,8-9,12-13,23H2,(H,24,27). The van der Waals surface area contributed by atoms with Crippen LogP contribution in [0.1, 0.15) is 72.2 Å². The molecule has 27 heavy (non-hydrogen) atoms. The number of nitrogens with two attached hydrogens (primary N) is 1. The smallest absolute Gasteiger partial charge is 0.268 e. The number of nitrogens with zero attached hydrogens (tertiary/aromatic N) is 1. The van der Waals surface area contributed by atoms with Crippen LogP contribution < -0.4 is 11.1 Å². The summed E-state index contributed by atoms with van der Waals surface area (Å²) in [6.07, 6.45) is 8.32. The van der Waals surface area contributed by atoms with Gasteiger partial charge in [0.05, 0.1) is 5.54 Å². The van der Waals surface area contributed by atoms with Gasteiger partial charge in [0.25, 0.3) is 5.91 Å². The maximum atomic E-state index is 13.0. The molecule has 1 aliphatic heterocycles. The highest BCUT2D eigenvalue weighted by Gasteiger charge is 2.44. The summed E-state index contributed by atoms with van der Waals surface area (Å²) >= 11 is 0. The summed E-state index contributed by atoms with van der Waals surface area (Å²) in [6, 6.07) is 8.03. The molecule has 1 spiro atoms. The molecule has 3 N–H and O–H groups in total. The number of nitrogens with one attached hydrogen (secondary N) is 1. The van der Waals surface area contributed by atoms with Gasteiger partial charge < -0.3 is 15.6 Å². The molecule has 1 aromatic heterocycles. The number of benzene rings is 1. The molecule has 2 aliphatic carbocycles. The van der Waals surface area contributed by atoms with E-state index < -0.39 is 0 Å². The first-order valence-electron chi connectivity index (χ1n) is 10.3. The number of amides is 1. The zero-order chi connectivity index (χ0) is 18.6. The van der Waals surface area contributed by atoms with Gasteiger partial charge in [0, 0.05) is 35.5 Å². The SMILES string of the molecule is NC1CCCCC1CC(=O)c1ccc2cc3n(c2c1)C1(CCC1)CNC3=O. The minimum atomic E-state index is -0.00946. The Morgan fingerprint density at radius 1 is 1.19 bits per heavy atom. The van der Waals surface area contributed by atoms with E-state index in [4.69, 9.17) is 5.73 Å². The number of rotatable bonds is 3. The van der Waals surface area contributed by atoms with E-state index in [-0.39, 0.29) is 23.3 Å². The Bertz CT molecular complexity index is 925. The molecule has 142 valence electrons. The molecule has 1 aromatic carbocycles. The molecule has 5 heteroatoms. The van der Waals surface area contributed by atoms with Gasteiger partial charge in [0.1, 0.15) is 5.69 Å². The first-order chi connectivity index (χ1) is 13.1. The maximum Gasteiger partial charge on any atom is 0.268 e. The average molecular weight is 365 g/mol. The largest absolute Gasteiger partial charge is 0.348 e. The number of carbonyl (C=O) groups excluding carboxylic acids is 2. The van der Waals surface area contributed by atoms with Gasteiger partial charge >= 0.3 is 0 Å². The van der Waals surface area contributed by atoms with Crippen molar-refractivity contribution in [2.45, 2.75) is 62.9 Å². The molecular weight excluding hydrogens is 338 g/mol. The van der Waals surface area contributed by atoms with Crippen LogP contribution in [0.4, 0.5) is 0 Å². The second kappa shape index (κ2) is 6.20. The lowest BCUT2D eigenvalue weighted by molar-refractivity contribution is 0.0763. The van der Waals surface area contributed by atoms with Gasteiger partial charge in [-0.1, -0.05) is 25.0 Å². The highest BCUT2D eigenvalue weighted by Crippen LogP contribution is 2.44. The number of fused-ring (bicyclic) bond motifs is 4. The third kappa shape index (κ3) is 2.63. The van der Waals surface area contributed by atoms with Crippen LogP contribution in [0.3, 0.4) is 0 Å². The molecule has 0 radical (unpaired) electrons. The quantitative estimate of drug-likeness (QED) is 0.819. The summed E-state index contributed by atoms with van der Waals surface area (Å²) < 4.78 is 2.22. The Morgan fingerprint density at radius 3 is 2.74 bits per heavy atom. The predicted octanol–water partition coefficient (Wildman–Crippen LogP) is 3.35. The Hall–Kier alpha value is -2.14. The molecule has 0 bridgehead atoms. The number of hydrogen-bond donors (Lipinski definition) is 2. The topological polar surface area (TPSA) is 77.1 Å². The van der Waals surface area contributed by atoms with Crippen LogP contribution in [0, 0.1) is 5.92 Å². The molecule has 3 aliphatic rings. The lowest BCUT2D eigenvalue weighted by Crippen LogP contribution is -2.55. The van der Waals surface area contributed by atoms with Crippen molar-refractivity contribution in [2.24, 2.45) is 11.7 Å². The van der Waals surface area contributed by atoms with Gasteiger partial charge in [0.15, 0.2) is 5.78 Å². The van der Waals surface area contributed by atoms with E-state index in [0.717, 1.165) is 47.8 Å². The van der Waals surface area contributed by atoms with E-state index in [2.05, 4.69) is 9.88 Å². The number of ketones is 1. The van der Waals surface area contributed by atoms with Crippen molar-refractivity contribution in [3.05, 3.63) is 35.5 Å². The second-order valence-corrected chi connectivity index (χ2v) is 8.73. The number of Topliss-reactive ketones (excluding diaryl/α,β-unsaturated/α-hetero) is 1. The summed E-state index contributed by atoms with van der Waals surface area (Å²) in [5.74, 6) is 0.467. The van der Waals surface area contributed by atoms with E-state index in [0.29, 0.717) is 18.9 Å². The minimum absolute atomic E-state index is 0.00160. The van der Waals surface area contributed by atoms with Crippen LogP contribution >= 0.6 is 0 Å². The van der Waals surface area contributed by atoms with Crippen molar-refractivity contribution in [3.63, 3.8) is 0 Å². The van der Waals surface area contributed by atoms with Gasteiger partial charge in [-0.05, 0) is 50.2 Å². The normalized spacial score (nSPS) is 26.5. The minimum Gasteiger partial charge on any atom is -0.348 e. The number of aromatic nitrogens is 1. The summed E-state index contributed by atoms with van der Waals surface area (Å²) in [5, 5.41) is 4.09. The lowest BCUT2D eigenvalue weighted by atomic mass is 9.75. The lowest BCUT2D eigenvalue weighted by Gasteiger charge is -2.47. The molecule has 0 saturated heterocycles. The number of carbonyl (C=O) groups is 2. The van der Waals surface area contributed by atoms with Crippen molar-refractivity contribution < 1.29 is 9.59 Å². The third-order valence-corrected chi connectivity index (χ3v) is 7.11. The molecule has 5 nitrogen and oxygen atoms in total. The van der Waals surface area contributed by atoms with Crippen molar-refractivity contribution in [1.29, 1.82) is 0 Å². The molecule has 1 amide bonds. The predicted molar refractivity (Wildman–Crippen MR) is 105 cm³/mol. The van der Waals surface area contributed by atoms with Crippen molar-refractivity contribution in [2.75, 3.05) is 6.54 Å². The Balaban J connectivity index is 1.51. The van der Waals surface area contributed by atoms with Gasteiger partial charge in [-0.15, -0.1) is 0 Å². The fourth-order valence-electron chi connectivity index (χ4n) is 5.30. The van der Waals surface area contributed by atoms with E-state index in [9.17, 15) is 9.59 Å². The van der Waals surface area contributed by atoms with Crippen molar-refractivity contribution in [3.8, 4) is 0 Å². The zero-order valence-corrected chi connectivity index (χ0v) is 15.7. The average Bonchev–Trinajstić information content (AvgIpc) is 3.03. The molecular formula is C22H27N3O2. The van der Waals surface area contributed by atoms with Crippen LogP contribution in [-0.2, 0) is 5.54 Å². The Morgan fingerprint density at radius 2 is 2.00 bits per heavy atom. The summed E-state index contributed by atoms with van der Waals surface area (Å²) in [5.41, 5.74) is 8.75. The van der Waals surface area contributed by atoms with Crippen molar-refractivity contribution in [1.82, 2.24) is 9.88 Å². The molecule has 2 fully saturated rings. The maximum absolute atomic E-state index is 13.0. The third-order valence-electron chi connectivity index (χ3n) is 7.11. The van der Waals surface area contributed by atoms with E-state index in [1.807, 2.05) is 24.3 Å². The second-order valence-electron chi connectivity index (χ2n) is 8.73. The Kier molecular flexibility index (Phi) is 3.90. The number of hydrogen-bond acceptors (Lipinski definition) is 3. The summed E-state index contributed by atoms with van der Waals surface area (Å²) in [4.78, 5) is 25.3. The van der Waals surface area contributed by atoms with Gasteiger partial charge in [-0.2, -0.15) is 0 Å². The molecule has 2 saturated carbocycles. The summed E-state index contributed by atoms with van der Waals surface area (Å²) in [6.45, 7) is 0.692. The molecule has 5 rings (SSSR count). The summed E-state index contributed by atoms with van der Waals surface area (Å²) in [7, 11) is 0. The monoisotopic (exact) mass is 365 g/mol. The van der Waals surface area contributed by atoms with Gasteiger partial charge in [-0.25, -0.2) is 0 Å². The molecule has 2 atom stereocenters. The van der Waals surface area contributed by atoms with Crippen LogP contribution in [0.25, 0.3) is 10.9 Å². The zero-order valence-electron chi connectivity index (χ0n) is 15.7. The van der Waals surface area contributed by atoms with Crippen molar-refractivity contribution >= 4 is 22.6 Å². The van der Waals surface area contributed by atoms with Crippen LogP contribution in [0.15, 0.2) is 24.3 Å². The Labute approximate surface area is 159 Å². The molecule has 2 unspecified atom stereocenters. The fraction of sp³-hybridized carbons (Fsp3) is 0.545. The van der Waals surface area contributed by atoms with Crippen LogP contribution in [-0.4, -0.2) is 28.8 Å². The van der Waals surface area contributed by atoms with Crippen LogP contribution in [0.2, 0.25) is 0 Å². The van der Waals surface area contributed by atoms with Gasteiger partial charge in [-0.3, -0.25) is 9.59 Å². The first kappa shape index (κ1) is 17.0. The highest BCUT2D eigenvalue weighted by molar-refractivity contribution is 6.03.